The molecule has 1 aliphatic rings. The number of pyridine rings is 1. The molecular weight excluding hydrogens is 296 g/mol. The average Bonchev–Trinajstić information content (AvgIpc) is 2.90. The predicted octanol–water partition coefficient (Wildman–Crippen LogP) is 1.11. The molecule has 118 valence electrons. The standard InChI is InChI=1S/C15H16N6O2/c1-20-8-2-3-9-23-10-4-6-16-13-12(10)21(15(22)19-13)11-5-7-17-14(20)18-11/h4-7H,2-3,8-9H2,1H3,(H,16,19,22). The zero-order valence-corrected chi connectivity index (χ0v) is 12.7. The lowest BCUT2D eigenvalue weighted by molar-refractivity contribution is 0.309. The Morgan fingerprint density at radius 1 is 1.22 bits per heavy atom. The number of nitrogens with one attached hydrogen (secondary N) is 1. The fourth-order valence-electron chi connectivity index (χ4n) is 2.72. The van der Waals surface area contributed by atoms with Crippen molar-refractivity contribution in [2.45, 2.75) is 12.8 Å². The Morgan fingerprint density at radius 2 is 2.09 bits per heavy atom. The van der Waals surface area contributed by atoms with E-state index in [4.69, 9.17) is 4.74 Å². The zero-order chi connectivity index (χ0) is 15.8. The first-order valence-electron chi connectivity index (χ1n) is 7.51. The highest BCUT2D eigenvalue weighted by atomic mass is 16.5. The molecule has 3 aromatic heterocycles. The van der Waals surface area contributed by atoms with E-state index < -0.39 is 0 Å². The monoisotopic (exact) mass is 312 g/mol. The molecule has 0 saturated carbocycles. The van der Waals surface area contributed by atoms with Crippen molar-refractivity contribution in [3.8, 4) is 11.6 Å². The molecule has 4 rings (SSSR count). The largest absolute Gasteiger partial charge is 0.491 e. The van der Waals surface area contributed by atoms with Crippen LogP contribution >= 0.6 is 0 Å². The van der Waals surface area contributed by atoms with E-state index >= 15 is 0 Å². The molecule has 0 spiro atoms. The summed E-state index contributed by atoms with van der Waals surface area (Å²) >= 11 is 0. The van der Waals surface area contributed by atoms with Crippen LogP contribution in [0.2, 0.25) is 0 Å². The third-order valence-corrected chi connectivity index (χ3v) is 3.88. The van der Waals surface area contributed by atoms with Gasteiger partial charge in [-0.15, -0.1) is 0 Å². The van der Waals surface area contributed by atoms with E-state index in [1.165, 1.54) is 4.57 Å². The SMILES string of the molecule is CN1CCCCOc2ccnc3[nH]c(=O)n(c23)-c2ccnc1n2. The van der Waals surface area contributed by atoms with E-state index in [9.17, 15) is 4.79 Å². The third kappa shape index (κ3) is 2.32. The molecule has 8 nitrogen and oxygen atoms in total. The highest BCUT2D eigenvalue weighted by molar-refractivity contribution is 5.80. The fourth-order valence-corrected chi connectivity index (χ4v) is 2.72. The van der Waals surface area contributed by atoms with Gasteiger partial charge in [-0.2, -0.15) is 4.98 Å². The van der Waals surface area contributed by atoms with E-state index in [1.807, 2.05) is 11.9 Å². The molecule has 0 aromatic carbocycles. The highest BCUT2D eigenvalue weighted by Crippen LogP contribution is 2.25. The maximum Gasteiger partial charge on any atom is 0.333 e. The van der Waals surface area contributed by atoms with Crippen LogP contribution in [0, 0.1) is 0 Å². The molecule has 0 fully saturated rings. The summed E-state index contributed by atoms with van der Waals surface area (Å²) in [5, 5.41) is 0. The van der Waals surface area contributed by atoms with Crippen LogP contribution in [0.25, 0.3) is 17.0 Å². The smallest absolute Gasteiger partial charge is 0.333 e. The van der Waals surface area contributed by atoms with Crippen LogP contribution in [-0.4, -0.2) is 44.7 Å². The van der Waals surface area contributed by atoms with Crippen molar-refractivity contribution in [1.29, 1.82) is 0 Å². The van der Waals surface area contributed by atoms with Gasteiger partial charge < -0.3 is 9.64 Å². The van der Waals surface area contributed by atoms with Crippen LogP contribution in [0.5, 0.6) is 5.75 Å². The minimum absolute atomic E-state index is 0.298. The Hall–Kier alpha value is -2.90. The Balaban J connectivity index is 2.01. The number of ether oxygens (including phenoxy) is 1. The van der Waals surface area contributed by atoms with Crippen LogP contribution in [0.1, 0.15) is 12.8 Å². The van der Waals surface area contributed by atoms with E-state index in [2.05, 4.69) is 19.9 Å². The summed E-state index contributed by atoms with van der Waals surface area (Å²) in [5.41, 5.74) is 0.788. The fraction of sp³-hybridized carbons (Fsp3) is 0.333. The van der Waals surface area contributed by atoms with Crippen LogP contribution in [0.4, 0.5) is 5.95 Å². The molecule has 0 saturated heterocycles. The summed E-state index contributed by atoms with van der Waals surface area (Å²) in [7, 11) is 1.94. The minimum Gasteiger partial charge on any atom is -0.491 e. The summed E-state index contributed by atoms with van der Waals surface area (Å²) in [5.74, 6) is 1.72. The van der Waals surface area contributed by atoms with Crippen molar-refractivity contribution >= 4 is 17.1 Å². The summed E-state index contributed by atoms with van der Waals surface area (Å²) in [6.07, 6.45) is 5.16. The van der Waals surface area contributed by atoms with E-state index in [0.29, 0.717) is 35.3 Å². The molecule has 23 heavy (non-hydrogen) atoms. The first kappa shape index (κ1) is 13.7. The van der Waals surface area contributed by atoms with Crippen LogP contribution in [-0.2, 0) is 0 Å². The van der Waals surface area contributed by atoms with Crippen molar-refractivity contribution in [3.05, 3.63) is 35.0 Å². The van der Waals surface area contributed by atoms with Gasteiger partial charge in [0.2, 0.25) is 5.95 Å². The van der Waals surface area contributed by atoms with Gasteiger partial charge in [0, 0.05) is 38.1 Å². The van der Waals surface area contributed by atoms with Gasteiger partial charge in [-0.25, -0.2) is 19.3 Å². The lowest BCUT2D eigenvalue weighted by Crippen LogP contribution is -2.24. The molecule has 4 heterocycles. The Bertz CT molecular complexity index is 916. The molecule has 0 atom stereocenters. The van der Waals surface area contributed by atoms with E-state index in [0.717, 1.165) is 19.4 Å². The second-order valence-corrected chi connectivity index (χ2v) is 5.46. The lowest BCUT2D eigenvalue weighted by Gasteiger charge is -2.18. The topological polar surface area (TPSA) is 88.9 Å². The summed E-state index contributed by atoms with van der Waals surface area (Å²) in [4.78, 5) is 30.2. The van der Waals surface area contributed by atoms with E-state index in [1.54, 1.807) is 24.5 Å². The lowest BCUT2D eigenvalue weighted by atomic mass is 10.3. The Morgan fingerprint density at radius 3 is 3.00 bits per heavy atom. The van der Waals surface area contributed by atoms with Gasteiger partial charge in [0.1, 0.15) is 17.1 Å². The average molecular weight is 312 g/mol. The third-order valence-electron chi connectivity index (χ3n) is 3.88. The number of aromatic amines is 1. The van der Waals surface area contributed by atoms with Crippen LogP contribution < -0.4 is 15.3 Å². The quantitative estimate of drug-likeness (QED) is 0.669. The number of H-pyrrole nitrogens is 1. The highest BCUT2D eigenvalue weighted by Gasteiger charge is 2.17. The van der Waals surface area contributed by atoms with Crippen molar-refractivity contribution in [2.75, 3.05) is 25.1 Å². The van der Waals surface area contributed by atoms with Crippen molar-refractivity contribution in [3.63, 3.8) is 0 Å². The number of fused-ring (bicyclic) bond motifs is 3. The van der Waals surface area contributed by atoms with Gasteiger partial charge in [-0.1, -0.05) is 0 Å². The van der Waals surface area contributed by atoms with Gasteiger partial charge in [0.15, 0.2) is 5.65 Å². The van der Waals surface area contributed by atoms with Crippen LogP contribution in [0.3, 0.4) is 0 Å². The number of nitrogens with zero attached hydrogens (tertiary/aromatic N) is 5. The number of hydrogen-bond donors (Lipinski definition) is 1. The van der Waals surface area contributed by atoms with E-state index in [-0.39, 0.29) is 5.69 Å². The van der Waals surface area contributed by atoms with Gasteiger partial charge in [-0.05, 0) is 12.8 Å². The second kappa shape index (κ2) is 5.38. The van der Waals surface area contributed by atoms with Gasteiger partial charge in [-0.3, -0.25) is 4.98 Å². The number of anilines is 1. The first-order chi connectivity index (χ1) is 11.2. The molecule has 0 aliphatic carbocycles. The summed E-state index contributed by atoms with van der Waals surface area (Å²) in [6.45, 7) is 1.41. The molecule has 1 aliphatic heterocycles. The zero-order valence-electron chi connectivity index (χ0n) is 12.7. The molecule has 2 bridgehead atoms. The number of rotatable bonds is 0. The van der Waals surface area contributed by atoms with Gasteiger partial charge >= 0.3 is 5.69 Å². The van der Waals surface area contributed by atoms with Crippen LogP contribution in [0.15, 0.2) is 29.3 Å². The number of imidazole rings is 1. The Labute approximate surface area is 131 Å². The van der Waals surface area contributed by atoms with Gasteiger partial charge in [0.05, 0.1) is 6.61 Å². The molecule has 1 N–H and O–H groups in total. The molecular formula is C15H16N6O2. The molecule has 8 heteroatoms. The van der Waals surface area contributed by atoms with Crippen molar-refractivity contribution in [2.24, 2.45) is 0 Å². The summed E-state index contributed by atoms with van der Waals surface area (Å²) in [6, 6.07) is 3.47. The van der Waals surface area contributed by atoms with Gasteiger partial charge in [0.25, 0.3) is 0 Å². The van der Waals surface area contributed by atoms with Crippen molar-refractivity contribution in [1.82, 2.24) is 24.5 Å². The summed E-state index contributed by atoms with van der Waals surface area (Å²) < 4.78 is 7.36. The molecule has 0 amide bonds. The number of aromatic nitrogens is 5. The molecule has 3 aromatic rings. The maximum atomic E-state index is 12.4. The maximum absolute atomic E-state index is 12.4. The normalized spacial score (nSPS) is 14.9. The number of hydrogen-bond acceptors (Lipinski definition) is 6. The second-order valence-electron chi connectivity index (χ2n) is 5.46. The predicted molar refractivity (Wildman–Crippen MR) is 85.3 cm³/mol. The molecule has 0 radical (unpaired) electrons. The van der Waals surface area contributed by atoms with Crippen molar-refractivity contribution < 1.29 is 4.74 Å². The minimum atomic E-state index is -0.298. The Kier molecular flexibility index (Phi) is 3.22. The first-order valence-corrected chi connectivity index (χ1v) is 7.51. The molecule has 0 unspecified atom stereocenters.